The van der Waals surface area contributed by atoms with Gasteiger partial charge in [0, 0.05) is 5.25 Å². The second kappa shape index (κ2) is 6.30. The molecule has 94 valence electrons. The van der Waals surface area contributed by atoms with Crippen molar-refractivity contribution in [1.82, 2.24) is 0 Å². The van der Waals surface area contributed by atoms with Crippen LogP contribution in [0.5, 0.6) is 0 Å². The Kier molecular flexibility index (Phi) is 5.02. The van der Waals surface area contributed by atoms with Gasteiger partial charge in [0.15, 0.2) is 0 Å². The van der Waals surface area contributed by atoms with Gasteiger partial charge in [0.1, 0.15) is 0 Å². The van der Waals surface area contributed by atoms with Crippen molar-refractivity contribution < 1.29 is 5.11 Å². The molecule has 4 atom stereocenters. The predicted octanol–water partition coefficient (Wildman–Crippen LogP) is 3.85. The molecule has 1 saturated carbocycles. The average Bonchev–Trinajstić information content (AvgIpc) is 2.39. The van der Waals surface area contributed by atoms with Crippen molar-refractivity contribution in [2.24, 2.45) is 11.8 Å². The lowest BCUT2D eigenvalue weighted by atomic mass is 9.76. The second-order valence-electron chi connectivity index (χ2n) is 5.60. The quantitative estimate of drug-likeness (QED) is 0.811. The van der Waals surface area contributed by atoms with Crippen LogP contribution in [-0.4, -0.2) is 22.2 Å². The molecule has 0 radical (unpaired) electrons. The lowest BCUT2D eigenvalue weighted by molar-refractivity contribution is 0.0635. The summed E-state index contributed by atoms with van der Waals surface area (Å²) in [5.74, 6) is 2.77. The standard InChI is InChI=1S/C14H26OS/c1-2-11-6-5-7-12(10-11)14(15)13-8-3-4-9-16-13/h11-15H,2-10H2,1H3. The minimum atomic E-state index is -0.0142. The fourth-order valence-electron chi connectivity index (χ4n) is 3.35. The second-order valence-corrected chi connectivity index (χ2v) is 6.94. The maximum Gasteiger partial charge on any atom is 0.0686 e. The summed E-state index contributed by atoms with van der Waals surface area (Å²) >= 11 is 2.02. The van der Waals surface area contributed by atoms with Gasteiger partial charge in [-0.25, -0.2) is 0 Å². The third-order valence-electron chi connectivity index (χ3n) is 4.48. The Morgan fingerprint density at radius 3 is 2.75 bits per heavy atom. The first-order valence-electron chi connectivity index (χ1n) is 7.11. The van der Waals surface area contributed by atoms with Crippen molar-refractivity contribution in [1.29, 1.82) is 0 Å². The molecule has 1 aliphatic carbocycles. The van der Waals surface area contributed by atoms with Gasteiger partial charge in [-0.1, -0.05) is 32.6 Å². The van der Waals surface area contributed by atoms with Crippen molar-refractivity contribution >= 4 is 11.8 Å². The van der Waals surface area contributed by atoms with Gasteiger partial charge in [0.2, 0.25) is 0 Å². The van der Waals surface area contributed by atoms with E-state index >= 15 is 0 Å². The zero-order valence-corrected chi connectivity index (χ0v) is 11.3. The van der Waals surface area contributed by atoms with Gasteiger partial charge in [-0.05, 0) is 43.3 Å². The highest BCUT2D eigenvalue weighted by molar-refractivity contribution is 8.00. The summed E-state index contributed by atoms with van der Waals surface area (Å²) in [6.07, 6.45) is 10.5. The molecular formula is C14H26OS. The van der Waals surface area contributed by atoms with Crippen LogP contribution in [0.25, 0.3) is 0 Å². The van der Waals surface area contributed by atoms with Crippen LogP contribution in [0.1, 0.15) is 58.3 Å². The van der Waals surface area contributed by atoms with Crippen LogP contribution in [0.3, 0.4) is 0 Å². The van der Waals surface area contributed by atoms with E-state index in [4.69, 9.17) is 0 Å². The zero-order valence-electron chi connectivity index (χ0n) is 10.5. The van der Waals surface area contributed by atoms with E-state index in [0.717, 1.165) is 5.92 Å². The molecule has 1 heterocycles. The van der Waals surface area contributed by atoms with Gasteiger partial charge in [0.25, 0.3) is 0 Å². The summed E-state index contributed by atoms with van der Waals surface area (Å²) in [6.45, 7) is 2.30. The third-order valence-corrected chi connectivity index (χ3v) is 5.95. The van der Waals surface area contributed by atoms with E-state index in [0.29, 0.717) is 11.2 Å². The topological polar surface area (TPSA) is 20.2 Å². The fourth-order valence-corrected chi connectivity index (χ4v) is 4.78. The van der Waals surface area contributed by atoms with Gasteiger partial charge in [0.05, 0.1) is 6.10 Å². The molecule has 0 aromatic heterocycles. The Labute approximate surface area is 104 Å². The first kappa shape index (κ1) is 12.8. The first-order valence-corrected chi connectivity index (χ1v) is 8.15. The Hall–Kier alpha value is 0.310. The minimum absolute atomic E-state index is 0.0142. The molecule has 0 spiro atoms. The molecule has 2 heteroatoms. The molecule has 1 N–H and O–H groups in total. The van der Waals surface area contributed by atoms with Crippen LogP contribution in [0.15, 0.2) is 0 Å². The van der Waals surface area contributed by atoms with Gasteiger partial charge >= 0.3 is 0 Å². The third kappa shape index (κ3) is 3.16. The Morgan fingerprint density at radius 1 is 1.19 bits per heavy atom. The minimum Gasteiger partial charge on any atom is -0.392 e. The molecule has 0 aromatic rings. The van der Waals surface area contributed by atoms with E-state index in [2.05, 4.69) is 6.92 Å². The average molecular weight is 242 g/mol. The molecular weight excluding hydrogens is 216 g/mol. The summed E-state index contributed by atoms with van der Waals surface area (Å²) in [5, 5.41) is 11.0. The molecule has 2 aliphatic rings. The molecule has 0 amide bonds. The SMILES string of the molecule is CCC1CCCC(C(O)C2CCCCS2)C1. The normalized spacial score (nSPS) is 38.2. The van der Waals surface area contributed by atoms with Crippen LogP contribution < -0.4 is 0 Å². The summed E-state index contributed by atoms with van der Waals surface area (Å²) < 4.78 is 0. The van der Waals surface area contributed by atoms with Crippen LogP contribution in [0.4, 0.5) is 0 Å². The van der Waals surface area contributed by atoms with Gasteiger partial charge < -0.3 is 5.11 Å². The molecule has 16 heavy (non-hydrogen) atoms. The van der Waals surface area contributed by atoms with E-state index < -0.39 is 0 Å². The number of hydrogen-bond donors (Lipinski definition) is 1. The van der Waals surface area contributed by atoms with E-state index in [1.165, 1.54) is 57.1 Å². The van der Waals surface area contributed by atoms with Crippen molar-refractivity contribution in [3.8, 4) is 0 Å². The van der Waals surface area contributed by atoms with Crippen molar-refractivity contribution in [2.75, 3.05) is 5.75 Å². The van der Waals surface area contributed by atoms with Crippen molar-refractivity contribution in [2.45, 2.75) is 69.6 Å². The van der Waals surface area contributed by atoms with Crippen LogP contribution in [0, 0.1) is 11.8 Å². The Balaban J connectivity index is 1.84. The number of thioether (sulfide) groups is 1. The van der Waals surface area contributed by atoms with Gasteiger partial charge in [-0.15, -0.1) is 0 Å². The molecule has 0 aromatic carbocycles. The monoisotopic (exact) mass is 242 g/mol. The van der Waals surface area contributed by atoms with Crippen LogP contribution in [0.2, 0.25) is 0 Å². The number of hydrogen-bond acceptors (Lipinski definition) is 2. The maximum absolute atomic E-state index is 10.5. The summed E-state index contributed by atoms with van der Waals surface area (Å²) in [6, 6.07) is 0. The molecule has 1 saturated heterocycles. The smallest absolute Gasteiger partial charge is 0.0686 e. The summed E-state index contributed by atoms with van der Waals surface area (Å²) in [4.78, 5) is 0. The number of rotatable bonds is 3. The summed E-state index contributed by atoms with van der Waals surface area (Å²) in [7, 11) is 0. The van der Waals surface area contributed by atoms with Crippen molar-refractivity contribution in [3.05, 3.63) is 0 Å². The molecule has 4 unspecified atom stereocenters. The highest BCUT2D eigenvalue weighted by Crippen LogP contribution is 2.38. The van der Waals surface area contributed by atoms with E-state index in [-0.39, 0.29) is 6.10 Å². The molecule has 1 nitrogen and oxygen atoms in total. The first-order chi connectivity index (χ1) is 7.81. The molecule has 1 aliphatic heterocycles. The highest BCUT2D eigenvalue weighted by Gasteiger charge is 2.32. The highest BCUT2D eigenvalue weighted by atomic mass is 32.2. The lowest BCUT2D eigenvalue weighted by Gasteiger charge is -2.36. The molecule has 2 rings (SSSR count). The Bertz CT molecular complexity index is 201. The van der Waals surface area contributed by atoms with Crippen LogP contribution in [-0.2, 0) is 0 Å². The maximum atomic E-state index is 10.5. The zero-order chi connectivity index (χ0) is 11.4. The van der Waals surface area contributed by atoms with Gasteiger partial charge in [-0.2, -0.15) is 11.8 Å². The summed E-state index contributed by atoms with van der Waals surface area (Å²) in [5.41, 5.74) is 0. The predicted molar refractivity (Wildman–Crippen MR) is 71.8 cm³/mol. The van der Waals surface area contributed by atoms with E-state index in [1.54, 1.807) is 0 Å². The Morgan fingerprint density at radius 2 is 2.06 bits per heavy atom. The lowest BCUT2D eigenvalue weighted by Crippen LogP contribution is -2.35. The number of aliphatic hydroxyl groups is 1. The van der Waals surface area contributed by atoms with E-state index in [9.17, 15) is 5.11 Å². The molecule has 2 fully saturated rings. The van der Waals surface area contributed by atoms with Crippen LogP contribution >= 0.6 is 11.8 Å². The van der Waals surface area contributed by atoms with Gasteiger partial charge in [-0.3, -0.25) is 0 Å². The van der Waals surface area contributed by atoms with E-state index in [1.807, 2.05) is 11.8 Å². The fraction of sp³-hybridized carbons (Fsp3) is 1.00. The number of aliphatic hydroxyl groups excluding tert-OH is 1. The largest absolute Gasteiger partial charge is 0.392 e. The van der Waals surface area contributed by atoms with Crippen molar-refractivity contribution in [3.63, 3.8) is 0 Å². The molecule has 0 bridgehead atoms.